The molecule has 0 fully saturated rings. The number of nitrogens with one attached hydrogen (secondary N) is 1. The van der Waals surface area contributed by atoms with Gasteiger partial charge in [0, 0.05) is 30.0 Å². The van der Waals surface area contributed by atoms with Crippen LogP contribution in [0.25, 0.3) is 10.8 Å². The molecule has 26 heavy (non-hydrogen) atoms. The third-order valence-electron chi connectivity index (χ3n) is 4.10. The number of anilines is 1. The van der Waals surface area contributed by atoms with E-state index in [4.69, 9.17) is 5.73 Å². The topological polar surface area (TPSA) is 108 Å². The Morgan fingerprint density at radius 3 is 2.73 bits per heavy atom. The van der Waals surface area contributed by atoms with Crippen LogP contribution in [0.5, 0.6) is 0 Å². The van der Waals surface area contributed by atoms with E-state index in [0.717, 1.165) is 22.9 Å². The highest BCUT2D eigenvalue weighted by Crippen LogP contribution is 2.21. The Labute approximate surface area is 149 Å². The summed E-state index contributed by atoms with van der Waals surface area (Å²) in [5.74, 6) is -1.92. The summed E-state index contributed by atoms with van der Waals surface area (Å²) in [6.45, 7) is -0.0618. The predicted octanol–water partition coefficient (Wildman–Crippen LogP) is 0.735. The zero-order valence-corrected chi connectivity index (χ0v) is 13.8. The summed E-state index contributed by atoms with van der Waals surface area (Å²) >= 11 is 0. The average Bonchev–Trinajstić information content (AvgIpc) is 2.61. The van der Waals surface area contributed by atoms with E-state index in [1.807, 2.05) is 12.1 Å². The molecule has 1 unspecified atom stereocenters. The Morgan fingerprint density at radius 1 is 1.19 bits per heavy atom. The Balaban J connectivity index is 1.86. The molecule has 8 heteroatoms. The normalized spacial score (nSPS) is 12.0. The molecule has 0 spiro atoms. The van der Waals surface area contributed by atoms with Crippen LogP contribution in [-0.2, 0) is 4.79 Å². The summed E-state index contributed by atoms with van der Waals surface area (Å²) in [6.07, 6.45) is 3.38. The van der Waals surface area contributed by atoms with Gasteiger partial charge >= 0.3 is 7.12 Å². The number of hydrogen-bond acceptors (Lipinski definition) is 5. The minimum absolute atomic E-state index is 0.0375. The standard InChI is InChI=1S/C18H17BFN3O3/c20-15-6-13(5-14(8-15)19(25)26)17(9-21)18(24)23-16-2-1-12-10-22-4-3-11(12)7-16/h1-8,10,17,25-26H,9,21H2,(H,23,24). The predicted molar refractivity (Wildman–Crippen MR) is 98.4 cm³/mol. The van der Waals surface area contributed by atoms with Crippen molar-refractivity contribution in [3.8, 4) is 0 Å². The lowest BCUT2D eigenvalue weighted by molar-refractivity contribution is -0.117. The summed E-state index contributed by atoms with van der Waals surface area (Å²) in [6, 6.07) is 10.7. The smallest absolute Gasteiger partial charge is 0.423 e. The van der Waals surface area contributed by atoms with Crippen molar-refractivity contribution in [1.82, 2.24) is 4.98 Å². The van der Waals surface area contributed by atoms with Crippen LogP contribution >= 0.6 is 0 Å². The summed E-state index contributed by atoms with van der Waals surface area (Å²) in [5.41, 5.74) is 6.52. The fourth-order valence-electron chi connectivity index (χ4n) is 2.77. The highest BCUT2D eigenvalue weighted by Gasteiger charge is 2.22. The molecular weight excluding hydrogens is 336 g/mol. The second kappa shape index (κ2) is 7.61. The molecule has 1 aromatic heterocycles. The SMILES string of the molecule is NCC(C(=O)Nc1ccc2cnccc2c1)c1cc(F)cc(B(O)O)c1. The highest BCUT2D eigenvalue weighted by atomic mass is 19.1. The molecule has 0 radical (unpaired) electrons. The zero-order valence-electron chi connectivity index (χ0n) is 13.8. The largest absolute Gasteiger partial charge is 0.488 e. The monoisotopic (exact) mass is 353 g/mol. The molecule has 132 valence electrons. The van der Waals surface area contributed by atoms with Gasteiger partial charge in [-0.05, 0) is 46.7 Å². The number of carbonyl (C=O) groups excluding carboxylic acids is 1. The fraction of sp³-hybridized carbons (Fsp3) is 0.111. The van der Waals surface area contributed by atoms with Gasteiger partial charge in [0.15, 0.2) is 0 Å². The summed E-state index contributed by atoms with van der Waals surface area (Å²) in [7, 11) is -1.83. The number of nitrogens with zero attached hydrogens (tertiary/aromatic N) is 1. The van der Waals surface area contributed by atoms with Crippen molar-refractivity contribution in [1.29, 1.82) is 0 Å². The van der Waals surface area contributed by atoms with Gasteiger partial charge in [-0.2, -0.15) is 0 Å². The lowest BCUT2D eigenvalue weighted by Crippen LogP contribution is -2.33. The number of halogens is 1. The van der Waals surface area contributed by atoms with Gasteiger partial charge in [0.25, 0.3) is 0 Å². The van der Waals surface area contributed by atoms with E-state index in [1.54, 1.807) is 24.5 Å². The quantitative estimate of drug-likeness (QED) is 0.506. The van der Waals surface area contributed by atoms with E-state index in [-0.39, 0.29) is 17.6 Å². The molecule has 0 saturated heterocycles. The first-order chi connectivity index (χ1) is 12.5. The van der Waals surface area contributed by atoms with Crippen molar-refractivity contribution in [2.75, 3.05) is 11.9 Å². The van der Waals surface area contributed by atoms with Crippen molar-refractivity contribution >= 4 is 34.9 Å². The molecule has 3 aromatic rings. The van der Waals surface area contributed by atoms with Gasteiger partial charge in [0.2, 0.25) is 5.91 Å². The molecule has 3 rings (SSSR count). The van der Waals surface area contributed by atoms with E-state index < -0.39 is 24.8 Å². The zero-order chi connectivity index (χ0) is 18.7. The molecule has 0 bridgehead atoms. The van der Waals surface area contributed by atoms with Crippen LogP contribution in [0.3, 0.4) is 0 Å². The lowest BCUT2D eigenvalue weighted by Gasteiger charge is -2.17. The number of fused-ring (bicyclic) bond motifs is 1. The van der Waals surface area contributed by atoms with Gasteiger partial charge in [-0.15, -0.1) is 0 Å². The van der Waals surface area contributed by atoms with Gasteiger partial charge in [0.1, 0.15) is 5.82 Å². The first-order valence-corrected chi connectivity index (χ1v) is 7.99. The average molecular weight is 353 g/mol. The first kappa shape index (κ1) is 18.0. The van der Waals surface area contributed by atoms with E-state index in [1.165, 1.54) is 6.07 Å². The summed E-state index contributed by atoms with van der Waals surface area (Å²) in [4.78, 5) is 16.7. The Bertz CT molecular complexity index is 952. The van der Waals surface area contributed by atoms with Crippen molar-refractivity contribution < 1.29 is 19.2 Å². The molecule has 5 N–H and O–H groups in total. The molecular formula is C18H17BFN3O3. The molecule has 0 aliphatic carbocycles. The van der Waals surface area contributed by atoms with Crippen LogP contribution < -0.4 is 16.5 Å². The number of hydrogen-bond donors (Lipinski definition) is 4. The van der Waals surface area contributed by atoms with Crippen LogP contribution in [0.15, 0.2) is 54.9 Å². The van der Waals surface area contributed by atoms with E-state index in [9.17, 15) is 19.2 Å². The van der Waals surface area contributed by atoms with Crippen molar-refractivity contribution in [3.63, 3.8) is 0 Å². The van der Waals surface area contributed by atoms with Gasteiger partial charge in [0.05, 0.1) is 5.92 Å². The lowest BCUT2D eigenvalue weighted by atomic mass is 9.78. The van der Waals surface area contributed by atoms with Gasteiger partial charge < -0.3 is 21.1 Å². The first-order valence-electron chi connectivity index (χ1n) is 7.99. The number of carbonyl (C=O) groups is 1. The van der Waals surface area contributed by atoms with Crippen LogP contribution in [0.1, 0.15) is 11.5 Å². The number of amides is 1. The van der Waals surface area contributed by atoms with Crippen LogP contribution in [0.2, 0.25) is 0 Å². The maximum atomic E-state index is 13.7. The van der Waals surface area contributed by atoms with Crippen molar-refractivity contribution in [2.45, 2.75) is 5.92 Å². The summed E-state index contributed by atoms with van der Waals surface area (Å²) in [5, 5.41) is 23.1. The van der Waals surface area contributed by atoms with Crippen molar-refractivity contribution in [3.05, 3.63) is 66.2 Å². The number of aromatic nitrogens is 1. The molecule has 6 nitrogen and oxygen atoms in total. The fourth-order valence-corrected chi connectivity index (χ4v) is 2.77. The maximum Gasteiger partial charge on any atom is 0.488 e. The van der Waals surface area contributed by atoms with E-state index >= 15 is 0 Å². The number of rotatable bonds is 5. The van der Waals surface area contributed by atoms with Crippen LogP contribution in [0, 0.1) is 5.82 Å². The minimum atomic E-state index is -1.83. The van der Waals surface area contributed by atoms with Gasteiger partial charge in [-0.3, -0.25) is 9.78 Å². The molecule has 0 saturated carbocycles. The summed E-state index contributed by atoms with van der Waals surface area (Å²) < 4.78 is 13.7. The highest BCUT2D eigenvalue weighted by molar-refractivity contribution is 6.58. The number of nitrogens with two attached hydrogens (primary N) is 1. The Kier molecular flexibility index (Phi) is 5.27. The molecule has 2 aromatic carbocycles. The third kappa shape index (κ3) is 3.88. The molecule has 1 heterocycles. The van der Waals surface area contributed by atoms with Crippen molar-refractivity contribution in [2.24, 2.45) is 5.73 Å². The Morgan fingerprint density at radius 2 is 2.00 bits per heavy atom. The maximum absolute atomic E-state index is 13.7. The number of pyridine rings is 1. The molecule has 1 amide bonds. The van der Waals surface area contributed by atoms with Gasteiger partial charge in [-0.1, -0.05) is 12.1 Å². The number of benzene rings is 2. The molecule has 1 atom stereocenters. The van der Waals surface area contributed by atoms with E-state index in [2.05, 4.69) is 10.3 Å². The second-order valence-corrected chi connectivity index (χ2v) is 5.91. The third-order valence-corrected chi connectivity index (χ3v) is 4.10. The van der Waals surface area contributed by atoms with Crippen LogP contribution in [-0.4, -0.2) is 34.6 Å². The van der Waals surface area contributed by atoms with E-state index in [0.29, 0.717) is 5.69 Å². The Hall–Kier alpha value is -2.81. The van der Waals surface area contributed by atoms with Gasteiger partial charge in [-0.25, -0.2) is 4.39 Å². The van der Waals surface area contributed by atoms with Crippen LogP contribution in [0.4, 0.5) is 10.1 Å². The minimum Gasteiger partial charge on any atom is -0.423 e. The molecule has 0 aliphatic heterocycles. The molecule has 0 aliphatic rings. The second-order valence-electron chi connectivity index (χ2n) is 5.91.